The molecule has 90 valence electrons. The number of hydrogen-bond acceptors (Lipinski definition) is 3. The fourth-order valence-corrected chi connectivity index (χ4v) is 2.53. The van der Waals surface area contributed by atoms with Crippen LogP contribution >= 0.6 is 11.3 Å². The minimum absolute atomic E-state index is 0.194. The van der Waals surface area contributed by atoms with E-state index in [0.717, 1.165) is 17.8 Å². The average Bonchev–Trinajstić information content (AvgIpc) is 2.74. The topological polar surface area (TPSA) is 24.9 Å². The Morgan fingerprint density at radius 3 is 2.65 bits per heavy atom. The molecule has 1 N–H and O–H groups in total. The van der Waals surface area contributed by atoms with Crippen molar-refractivity contribution in [2.75, 3.05) is 0 Å². The van der Waals surface area contributed by atoms with Crippen LogP contribution in [-0.2, 0) is 6.54 Å². The Morgan fingerprint density at radius 1 is 1.35 bits per heavy atom. The van der Waals surface area contributed by atoms with E-state index in [1.54, 1.807) is 23.5 Å². The summed E-state index contributed by atoms with van der Waals surface area (Å²) in [5.74, 6) is -0.194. The number of thiazole rings is 1. The second-order valence-electron chi connectivity index (χ2n) is 4.03. The number of aryl methyl sites for hydroxylation is 1. The first-order valence-electron chi connectivity index (χ1n) is 5.54. The largest absolute Gasteiger partial charge is 0.305 e. The maximum absolute atomic E-state index is 12.7. The summed E-state index contributed by atoms with van der Waals surface area (Å²) in [6.07, 6.45) is 0. The zero-order valence-corrected chi connectivity index (χ0v) is 10.7. The van der Waals surface area contributed by atoms with Crippen molar-refractivity contribution >= 4 is 11.3 Å². The van der Waals surface area contributed by atoms with Crippen molar-refractivity contribution in [2.45, 2.75) is 26.4 Å². The molecule has 0 aliphatic rings. The SMILES string of the molecule is Cc1ncsc1C(C)NCc1ccc(F)cc1. The van der Waals surface area contributed by atoms with Crippen LogP contribution in [0.2, 0.25) is 0 Å². The van der Waals surface area contributed by atoms with Crippen molar-refractivity contribution in [1.82, 2.24) is 10.3 Å². The number of benzene rings is 1. The van der Waals surface area contributed by atoms with Gasteiger partial charge in [0.2, 0.25) is 0 Å². The molecule has 1 aromatic heterocycles. The molecule has 0 radical (unpaired) electrons. The van der Waals surface area contributed by atoms with Crippen LogP contribution in [0.5, 0.6) is 0 Å². The fraction of sp³-hybridized carbons (Fsp3) is 0.308. The van der Waals surface area contributed by atoms with E-state index in [9.17, 15) is 4.39 Å². The highest BCUT2D eigenvalue weighted by Gasteiger charge is 2.09. The van der Waals surface area contributed by atoms with Gasteiger partial charge in [-0.3, -0.25) is 0 Å². The van der Waals surface area contributed by atoms with E-state index in [0.29, 0.717) is 0 Å². The van der Waals surface area contributed by atoms with Crippen LogP contribution in [0.1, 0.15) is 29.1 Å². The number of rotatable bonds is 4. The molecule has 0 saturated heterocycles. The van der Waals surface area contributed by atoms with Crippen LogP contribution in [0, 0.1) is 12.7 Å². The van der Waals surface area contributed by atoms with Crippen molar-refractivity contribution < 1.29 is 4.39 Å². The predicted molar refractivity (Wildman–Crippen MR) is 68.5 cm³/mol. The first-order chi connectivity index (χ1) is 8.16. The summed E-state index contributed by atoms with van der Waals surface area (Å²) in [5, 5.41) is 3.41. The maximum atomic E-state index is 12.7. The molecule has 2 nitrogen and oxygen atoms in total. The molecule has 1 heterocycles. The number of aromatic nitrogens is 1. The summed E-state index contributed by atoms with van der Waals surface area (Å²) in [7, 11) is 0. The van der Waals surface area contributed by atoms with Gasteiger partial charge in [0.05, 0.1) is 11.2 Å². The van der Waals surface area contributed by atoms with Crippen LogP contribution in [0.4, 0.5) is 4.39 Å². The first-order valence-corrected chi connectivity index (χ1v) is 6.42. The highest BCUT2D eigenvalue weighted by Crippen LogP contribution is 2.21. The van der Waals surface area contributed by atoms with Gasteiger partial charge in [-0.2, -0.15) is 0 Å². The summed E-state index contributed by atoms with van der Waals surface area (Å²) in [6, 6.07) is 6.84. The lowest BCUT2D eigenvalue weighted by Crippen LogP contribution is -2.17. The third-order valence-electron chi connectivity index (χ3n) is 2.70. The van der Waals surface area contributed by atoms with Crippen LogP contribution in [0.25, 0.3) is 0 Å². The predicted octanol–water partition coefficient (Wildman–Crippen LogP) is 3.44. The summed E-state index contributed by atoms with van der Waals surface area (Å²) in [4.78, 5) is 5.49. The standard InChI is InChI=1S/C13H15FN2S/c1-9(13-10(2)16-8-17-13)15-7-11-3-5-12(14)6-4-11/h3-6,8-9,15H,7H2,1-2H3. The fourth-order valence-electron chi connectivity index (χ4n) is 1.69. The molecule has 0 spiro atoms. The lowest BCUT2D eigenvalue weighted by Gasteiger charge is -2.12. The molecule has 0 saturated carbocycles. The van der Waals surface area contributed by atoms with Crippen molar-refractivity contribution in [2.24, 2.45) is 0 Å². The quantitative estimate of drug-likeness (QED) is 0.899. The zero-order valence-electron chi connectivity index (χ0n) is 9.90. The Balaban J connectivity index is 1.94. The molecule has 4 heteroatoms. The molecule has 17 heavy (non-hydrogen) atoms. The Labute approximate surface area is 105 Å². The minimum atomic E-state index is -0.194. The average molecular weight is 250 g/mol. The highest BCUT2D eigenvalue weighted by molar-refractivity contribution is 7.09. The monoisotopic (exact) mass is 250 g/mol. The van der Waals surface area contributed by atoms with Gasteiger partial charge >= 0.3 is 0 Å². The normalized spacial score (nSPS) is 12.6. The van der Waals surface area contributed by atoms with Crippen LogP contribution in [0.15, 0.2) is 29.8 Å². The maximum Gasteiger partial charge on any atom is 0.123 e. The van der Waals surface area contributed by atoms with Crippen molar-refractivity contribution in [3.63, 3.8) is 0 Å². The van der Waals surface area contributed by atoms with Gasteiger partial charge in [-0.1, -0.05) is 12.1 Å². The Bertz CT molecular complexity index is 478. The number of hydrogen-bond donors (Lipinski definition) is 1. The summed E-state index contributed by atoms with van der Waals surface area (Å²) < 4.78 is 12.7. The Kier molecular flexibility index (Phi) is 3.86. The number of nitrogens with zero attached hydrogens (tertiary/aromatic N) is 1. The Morgan fingerprint density at radius 2 is 2.06 bits per heavy atom. The number of nitrogens with one attached hydrogen (secondary N) is 1. The van der Waals surface area contributed by atoms with Gasteiger partial charge in [0.15, 0.2) is 0 Å². The third kappa shape index (κ3) is 3.11. The minimum Gasteiger partial charge on any atom is -0.305 e. The van der Waals surface area contributed by atoms with E-state index in [2.05, 4.69) is 17.2 Å². The molecular formula is C13H15FN2S. The van der Waals surface area contributed by atoms with Gasteiger partial charge in [-0.05, 0) is 31.5 Å². The molecule has 2 aromatic rings. The van der Waals surface area contributed by atoms with Gasteiger partial charge < -0.3 is 5.32 Å². The van der Waals surface area contributed by atoms with Gasteiger partial charge in [-0.25, -0.2) is 9.37 Å². The summed E-state index contributed by atoms with van der Waals surface area (Å²) in [6.45, 7) is 4.87. The van der Waals surface area contributed by atoms with Gasteiger partial charge in [0, 0.05) is 17.5 Å². The van der Waals surface area contributed by atoms with E-state index in [1.165, 1.54) is 17.0 Å². The molecule has 0 fully saturated rings. The van der Waals surface area contributed by atoms with E-state index < -0.39 is 0 Å². The third-order valence-corrected chi connectivity index (χ3v) is 3.82. The Hall–Kier alpha value is -1.26. The molecule has 1 aromatic carbocycles. The molecule has 2 rings (SSSR count). The van der Waals surface area contributed by atoms with E-state index in [-0.39, 0.29) is 11.9 Å². The molecule has 0 amide bonds. The van der Waals surface area contributed by atoms with Gasteiger partial charge in [-0.15, -0.1) is 11.3 Å². The van der Waals surface area contributed by atoms with Crippen molar-refractivity contribution in [1.29, 1.82) is 0 Å². The van der Waals surface area contributed by atoms with E-state index in [1.807, 2.05) is 12.4 Å². The highest BCUT2D eigenvalue weighted by atomic mass is 32.1. The van der Waals surface area contributed by atoms with Gasteiger partial charge in [0.1, 0.15) is 5.82 Å². The lowest BCUT2D eigenvalue weighted by molar-refractivity contribution is 0.577. The first kappa shape index (κ1) is 12.2. The smallest absolute Gasteiger partial charge is 0.123 e. The molecule has 0 aliphatic carbocycles. The van der Waals surface area contributed by atoms with Crippen LogP contribution < -0.4 is 5.32 Å². The van der Waals surface area contributed by atoms with Crippen LogP contribution in [0.3, 0.4) is 0 Å². The molecule has 0 bridgehead atoms. The van der Waals surface area contributed by atoms with Gasteiger partial charge in [0.25, 0.3) is 0 Å². The lowest BCUT2D eigenvalue weighted by atomic mass is 10.2. The van der Waals surface area contributed by atoms with E-state index in [4.69, 9.17) is 0 Å². The van der Waals surface area contributed by atoms with Crippen molar-refractivity contribution in [3.05, 3.63) is 51.7 Å². The molecule has 1 unspecified atom stereocenters. The molecular weight excluding hydrogens is 235 g/mol. The summed E-state index contributed by atoms with van der Waals surface area (Å²) in [5.41, 5.74) is 4.02. The van der Waals surface area contributed by atoms with Crippen LogP contribution in [-0.4, -0.2) is 4.98 Å². The van der Waals surface area contributed by atoms with E-state index >= 15 is 0 Å². The van der Waals surface area contributed by atoms with Crippen molar-refractivity contribution in [3.8, 4) is 0 Å². The second kappa shape index (κ2) is 5.38. The second-order valence-corrected chi connectivity index (χ2v) is 4.92. The molecule has 0 aliphatic heterocycles. The zero-order chi connectivity index (χ0) is 12.3. The summed E-state index contributed by atoms with van der Waals surface area (Å²) >= 11 is 1.66. The molecule has 1 atom stereocenters. The number of halogens is 1.